The number of amides is 3. The average molecular weight is 1090 g/mol. The van der Waals surface area contributed by atoms with Gasteiger partial charge in [0.05, 0.1) is 33.8 Å². The summed E-state index contributed by atoms with van der Waals surface area (Å²) in [6, 6.07) is 17.1. The van der Waals surface area contributed by atoms with E-state index in [1.165, 1.54) is 25.0 Å². The van der Waals surface area contributed by atoms with E-state index in [1.54, 1.807) is 12.4 Å². The molecule has 5 N–H and O–H groups in total. The molecule has 10 rings (SSSR count). The van der Waals surface area contributed by atoms with Gasteiger partial charge in [0.15, 0.2) is 0 Å². The van der Waals surface area contributed by atoms with Crippen LogP contribution in [0.3, 0.4) is 0 Å². The molecule has 77 heavy (non-hydrogen) atoms. The van der Waals surface area contributed by atoms with E-state index in [0.29, 0.717) is 71.2 Å². The normalized spacial score (nSPS) is 20.5. The van der Waals surface area contributed by atoms with Crippen LogP contribution in [0, 0.1) is 11.8 Å². The van der Waals surface area contributed by atoms with Crippen molar-refractivity contribution in [1.29, 1.82) is 0 Å². The third kappa shape index (κ3) is 14.2. The standard InChI is InChI=1S/C32H41ClN6O3.C27H33ClN6O/c1-5-28(40)38-15-13-21(14-16-38)20-39(31(41)42-32(2,3)4)23-10-8-9-22(17-23)36-30-35-19-26(33)29(37-30)25-18-34-27-12-7-6-11-24(25)27;1-2-25(35)34-12-10-18(11-13-34)15-29-19-6-5-7-20(14-19)32-27-31-17-23(28)26(33-27)22-16-30-24-9-4-3-8-21(22)24/h5-7,11-12,18-19,21-23,34H,1,8-10,13-17,20H2,2-4H3,(H,35,36,37);2-4,8-9,16-20,29-30H,1,5-7,10-15H2,(H,31,32,33)/t22-,23?;19?,20-/m11/s1. The van der Waals surface area contributed by atoms with E-state index in [-0.39, 0.29) is 30.0 Å². The van der Waals surface area contributed by atoms with Gasteiger partial charge < -0.3 is 45.4 Å². The molecule has 2 aliphatic carbocycles. The lowest BCUT2D eigenvalue weighted by Crippen LogP contribution is -2.50. The molecule has 2 aliphatic heterocycles. The number of hydrogen-bond donors (Lipinski definition) is 5. The fraction of sp³-hybridized carbons (Fsp3) is 0.475. The van der Waals surface area contributed by atoms with Crippen LogP contribution in [-0.4, -0.2) is 132 Å². The maximum Gasteiger partial charge on any atom is 0.410 e. The van der Waals surface area contributed by atoms with Crippen molar-refractivity contribution >= 4 is 74.8 Å². The number of aromatic nitrogens is 6. The van der Waals surface area contributed by atoms with E-state index in [1.807, 2.05) is 90.3 Å². The molecule has 4 fully saturated rings. The molecular weight excluding hydrogens is 1010 g/mol. The van der Waals surface area contributed by atoms with Gasteiger partial charge in [0.2, 0.25) is 23.7 Å². The number of hydrogen-bond acceptors (Lipinski definition) is 11. The van der Waals surface area contributed by atoms with Gasteiger partial charge >= 0.3 is 6.09 Å². The quantitative estimate of drug-likeness (QED) is 0.0653. The van der Waals surface area contributed by atoms with Crippen molar-refractivity contribution in [2.45, 2.75) is 128 Å². The van der Waals surface area contributed by atoms with Gasteiger partial charge in [-0.1, -0.05) is 72.8 Å². The van der Waals surface area contributed by atoms with E-state index in [4.69, 9.17) is 37.9 Å². The summed E-state index contributed by atoms with van der Waals surface area (Å²) in [4.78, 5) is 68.2. The molecule has 3 amide bonds. The van der Waals surface area contributed by atoms with Gasteiger partial charge in [-0.3, -0.25) is 9.59 Å². The lowest BCUT2D eigenvalue weighted by molar-refractivity contribution is -0.128. The van der Waals surface area contributed by atoms with Crippen molar-refractivity contribution in [3.8, 4) is 22.5 Å². The second kappa shape index (κ2) is 25.3. The Morgan fingerprint density at radius 2 is 1.17 bits per heavy atom. The van der Waals surface area contributed by atoms with E-state index in [0.717, 1.165) is 122 Å². The minimum Gasteiger partial charge on any atom is -0.444 e. The molecule has 6 heterocycles. The molecule has 4 atom stereocenters. The highest BCUT2D eigenvalue weighted by Crippen LogP contribution is 2.36. The van der Waals surface area contributed by atoms with Crippen LogP contribution in [0.25, 0.3) is 44.3 Å². The highest BCUT2D eigenvalue weighted by molar-refractivity contribution is 6.33. The zero-order chi connectivity index (χ0) is 54.1. The zero-order valence-corrected chi connectivity index (χ0v) is 46.2. The summed E-state index contributed by atoms with van der Waals surface area (Å²) in [5.41, 5.74) is 4.83. The largest absolute Gasteiger partial charge is 0.444 e. The van der Waals surface area contributed by atoms with Gasteiger partial charge in [0, 0.05) is 102 Å². The van der Waals surface area contributed by atoms with E-state index < -0.39 is 5.60 Å². The number of nitrogens with zero attached hydrogens (tertiary/aromatic N) is 7. The summed E-state index contributed by atoms with van der Waals surface area (Å²) < 4.78 is 5.88. The lowest BCUT2D eigenvalue weighted by atomic mass is 9.88. The molecule has 2 saturated carbocycles. The van der Waals surface area contributed by atoms with E-state index in [9.17, 15) is 14.4 Å². The molecule has 0 radical (unpaired) electrons. The Morgan fingerprint density at radius 1 is 0.688 bits per heavy atom. The fourth-order valence-electron chi connectivity index (χ4n) is 11.5. The summed E-state index contributed by atoms with van der Waals surface area (Å²) in [6.07, 6.45) is 21.6. The molecule has 2 aromatic carbocycles. The Hall–Kier alpha value is -6.49. The van der Waals surface area contributed by atoms with Crippen molar-refractivity contribution in [3.63, 3.8) is 0 Å². The first-order valence-corrected chi connectivity index (χ1v) is 28.2. The number of rotatable bonds is 14. The highest BCUT2D eigenvalue weighted by Gasteiger charge is 2.36. The van der Waals surface area contributed by atoms with Gasteiger partial charge in [-0.2, -0.15) is 0 Å². The smallest absolute Gasteiger partial charge is 0.410 e. The number of likely N-dealkylation sites (tertiary alicyclic amines) is 2. The summed E-state index contributed by atoms with van der Waals surface area (Å²) in [5.74, 6) is 2.09. The Morgan fingerprint density at radius 3 is 1.69 bits per heavy atom. The number of anilines is 2. The van der Waals surface area contributed by atoms with Crippen LogP contribution in [0.2, 0.25) is 10.0 Å². The SMILES string of the molecule is C=CC(=O)N1CCC(CN(C(=O)OC(C)(C)C)C2CCC[C@@H](Nc3ncc(Cl)c(-c4c[nH]c5ccccc45)n3)C2)CC1.C=CC(=O)N1CCC(CNC2CCC[C@@H](Nc3ncc(Cl)c(-c4c[nH]c5ccccc45)n3)C2)CC1. The summed E-state index contributed by atoms with van der Waals surface area (Å²) in [6.45, 7) is 17.6. The van der Waals surface area contributed by atoms with Crippen molar-refractivity contribution in [3.05, 3.63) is 109 Å². The number of carbonyl (C=O) groups excluding carboxylic acids is 3. The Kier molecular flexibility index (Phi) is 18.2. The molecule has 2 unspecified atom stereocenters. The van der Waals surface area contributed by atoms with Crippen LogP contribution in [0.15, 0.2) is 98.6 Å². The number of para-hydroxylation sites is 2. The number of aromatic amines is 2. The van der Waals surface area contributed by atoms with Crippen LogP contribution in [-0.2, 0) is 14.3 Å². The molecule has 408 valence electrons. The Bertz CT molecular complexity index is 3010. The van der Waals surface area contributed by atoms with Crippen molar-refractivity contribution in [2.24, 2.45) is 11.8 Å². The molecule has 6 aromatic rings. The monoisotopic (exact) mass is 1080 g/mol. The topological polar surface area (TPSA) is 189 Å². The minimum absolute atomic E-state index is 0.0272. The highest BCUT2D eigenvalue weighted by atomic mass is 35.5. The first-order valence-electron chi connectivity index (χ1n) is 27.5. The molecule has 4 aliphatic rings. The average Bonchev–Trinajstić information content (AvgIpc) is 4.08. The van der Waals surface area contributed by atoms with E-state index >= 15 is 0 Å². The molecule has 0 spiro atoms. The number of fused-ring (bicyclic) bond motifs is 2. The summed E-state index contributed by atoms with van der Waals surface area (Å²) >= 11 is 13.1. The van der Waals surface area contributed by atoms with Gasteiger partial charge in [-0.05, 0) is 140 Å². The van der Waals surface area contributed by atoms with Crippen molar-refractivity contribution in [2.75, 3.05) is 49.9 Å². The van der Waals surface area contributed by atoms with Gasteiger partial charge in [-0.25, -0.2) is 24.7 Å². The zero-order valence-electron chi connectivity index (χ0n) is 44.7. The predicted molar refractivity (Wildman–Crippen MR) is 308 cm³/mol. The number of halogens is 2. The summed E-state index contributed by atoms with van der Waals surface area (Å²) in [7, 11) is 0. The number of piperidine rings is 2. The number of ether oxygens (including phenoxy) is 1. The first kappa shape index (κ1) is 55.3. The van der Waals surface area contributed by atoms with Crippen LogP contribution < -0.4 is 16.0 Å². The van der Waals surface area contributed by atoms with Crippen LogP contribution in [0.4, 0.5) is 16.7 Å². The number of benzene rings is 2. The number of H-pyrrole nitrogens is 2. The minimum atomic E-state index is -0.586. The maximum atomic E-state index is 13.5. The molecule has 4 aromatic heterocycles. The predicted octanol–water partition coefficient (Wildman–Crippen LogP) is 11.7. The number of carbonyl (C=O) groups is 3. The number of nitrogens with one attached hydrogen (secondary N) is 5. The maximum absolute atomic E-state index is 13.5. The Labute approximate surface area is 462 Å². The Balaban J connectivity index is 0.000000191. The first-order chi connectivity index (χ1) is 37.2. The van der Waals surface area contributed by atoms with Gasteiger partial charge in [0.25, 0.3) is 0 Å². The molecule has 18 heteroatoms. The van der Waals surface area contributed by atoms with Gasteiger partial charge in [-0.15, -0.1) is 0 Å². The van der Waals surface area contributed by atoms with Gasteiger partial charge in [0.1, 0.15) is 5.60 Å². The van der Waals surface area contributed by atoms with E-state index in [2.05, 4.69) is 55.1 Å². The third-order valence-electron chi connectivity index (χ3n) is 15.6. The summed E-state index contributed by atoms with van der Waals surface area (Å²) in [5, 5.41) is 14.1. The van der Waals surface area contributed by atoms with Crippen LogP contribution >= 0.6 is 23.2 Å². The molecule has 16 nitrogen and oxygen atoms in total. The fourth-order valence-corrected chi connectivity index (χ4v) is 11.9. The van der Waals surface area contributed by atoms with Crippen LogP contribution in [0.1, 0.15) is 97.8 Å². The molecule has 0 bridgehead atoms. The molecule has 2 saturated heterocycles. The third-order valence-corrected chi connectivity index (χ3v) is 16.1. The lowest BCUT2D eigenvalue weighted by Gasteiger charge is -2.41. The van der Waals surface area contributed by atoms with Crippen molar-refractivity contribution < 1.29 is 19.1 Å². The van der Waals surface area contributed by atoms with Crippen molar-refractivity contribution in [1.82, 2.24) is 49.9 Å². The second-order valence-corrected chi connectivity index (χ2v) is 22.9. The van der Waals surface area contributed by atoms with Crippen LogP contribution in [0.5, 0.6) is 0 Å². The second-order valence-electron chi connectivity index (χ2n) is 22.1. The molecular formula is C59H74Cl2N12O4.